The highest BCUT2D eigenvalue weighted by Crippen LogP contribution is 2.68. The van der Waals surface area contributed by atoms with E-state index in [0.29, 0.717) is 53.5 Å². The molecule has 4 rings (SSSR count). The largest absolute Gasteiger partial charge is 0.481 e. The summed E-state index contributed by atoms with van der Waals surface area (Å²) in [4.78, 5) is 11.1. The van der Waals surface area contributed by atoms with Crippen LogP contribution >= 0.6 is 0 Å². The number of aliphatic hydroxyl groups is 1. The molecule has 0 saturated heterocycles. The summed E-state index contributed by atoms with van der Waals surface area (Å²) in [5.41, 5.74) is 6.34. The second-order valence-electron chi connectivity index (χ2n) is 12.1. The number of nitrogens with two attached hydrogens (primary N) is 1. The van der Waals surface area contributed by atoms with Crippen LogP contribution in [0, 0.1) is 46.3 Å². The Bertz CT molecular complexity index is 657. The fraction of sp³-hybridized carbons (Fsp3) is 0.962. The predicted molar refractivity (Wildman–Crippen MR) is 123 cm³/mol. The number of carbonyl (C=O) groups is 1. The minimum absolute atomic E-state index is 0.172. The van der Waals surface area contributed by atoms with Crippen molar-refractivity contribution < 1.29 is 15.0 Å². The monoisotopic (exact) mass is 434 g/mol. The molecular formula is C26H46N2O3. The zero-order valence-corrected chi connectivity index (χ0v) is 20.0. The van der Waals surface area contributed by atoms with E-state index in [0.717, 1.165) is 19.4 Å². The van der Waals surface area contributed by atoms with Crippen molar-refractivity contribution in [2.75, 3.05) is 13.1 Å². The zero-order chi connectivity index (χ0) is 22.4. The molecular weight excluding hydrogens is 388 g/mol. The third-order valence-electron chi connectivity index (χ3n) is 10.8. The van der Waals surface area contributed by atoms with Gasteiger partial charge < -0.3 is 21.3 Å². The molecule has 0 radical (unpaired) electrons. The summed E-state index contributed by atoms with van der Waals surface area (Å²) in [5, 5.41) is 24.3. The Morgan fingerprint density at radius 1 is 1.10 bits per heavy atom. The number of hydrogen-bond acceptors (Lipinski definition) is 4. The molecule has 5 unspecified atom stereocenters. The molecule has 5 heteroatoms. The molecule has 5 N–H and O–H groups in total. The molecule has 0 aromatic heterocycles. The van der Waals surface area contributed by atoms with Crippen molar-refractivity contribution >= 4 is 5.97 Å². The summed E-state index contributed by atoms with van der Waals surface area (Å²) in [6.45, 7) is 8.89. The van der Waals surface area contributed by atoms with Crippen LogP contribution in [-0.4, -0.2) is 41.4 Å². The van der Waals surface area contributed by atoms with Crippen LogP contribution in [0.15, 0.2) is 0 Å². The molecule has 31 heavy (non-hydrogen) atoms. The highest BCUT2D eigenvalue weighted by atomic mass is 16.4. The summed E-state index contributed by atoms with van der Waals surface area (Å²) in [6.07, 6.45) is 10.5. The first-order chi connectivity index (χ1) is 14.7. The Labute approximate surface area is 188 Å². The Kier molecular flexibility index (Phi) is 6.78. The van der Waals surface area contributed by atoms with Gasteiger partial charge in [-0.05, 0) is 104 Å². The molecule has 10 atom stereocenters. The number of aliphatic hydroxyl groups excluding tert-OH is 1. The lowest BCUT2D eigenvalue weighted by Crippen LogP contribution is -2.59. The summed E-state index contributed by atoms with van der Waals surface area (Å²) in [6, 6.07) is 0.560. The van der Waals surface area contributed by atoms with Crippen molar-refractivity contribution in [3.8, 4) is 0 Å². The molecule has 178 valence electrons. The maximum absolute atomic E-state index is 11.5. The number of fused-ring (bicyclic) bond motifs is 5. The van der Waals surface area contributed by atoms with Crippen LogP contribution < -0.4 is 11.1 Å². The van der Waals surface area contributed by atoms with Gasteiger partial charge in [0.2, 0.25) is 0 Å². The molecule has 0 bridgehead atoms. The van der Waals surface area contributed by atoms with Crippen molar-refractivity contribution in [3.05, 3.63) is 0 Å². The number of nitrogens with one attached hydrogen (secondary N) is 1. The maximum atomic E-state index is 11.5. The van der Waals surface area contributed by atoms with E-state index in [-0.39, 0.29) is 17.9 Å². The predicted octanol–water partition coefficient (Wildman–Crippen LogP) is 4.03. The highest BCUT2D eigenvalue weighted by Gasteiger charge is 2.62. The number of hydrogen-bond donors (Lipinski definition) is 4. The van der Waals surface area contributed by atoms with E-state index < -0.39 is 5.97 Å². The van der Waals surface area contributed by atoms with E-state index in [1.165, 1.54) is 44.9 Å². The summed E-state index contributed by atoms with van der Waals surface area (Å²) < 4.78 is 0. The van der Waals surface area contributed by atoms with E-state index in [9.17, 15) is 9.90 Å². The van der Waals surface area contributed by atoms with Gasteiger partial charge in [0.05, 0.1) is 6.10 Å². The molecule has 0 spiro atoms. The first-order valence-corrected chi connectivity index (χ1v) is 13.0. The molecule has 0 aromatic carbocycles. The van der Waals surface area contributed by atoms with E-state index in [2.05, 4.69) is 26.1 Å². The van der Waals surface area contributed by atoms with E-state index in [4.69, 9.17) is 10.8 Å². The maximum Gasteiger partial charge on any atom is 0.303 e. The fourth-order valence-corrected chi connectivity index (χ4v) is 9.22. The van der Waals surface area contributed by atoms with E-state index >= 15 is 0 Å². The average molecular weight is 435 g/mol. The molecule has 0 heterocycles. The second-order valence-corrected chi connectivity index (χ2v) is 12.1. The number of rotatable bonds is 7. The Morgan fingerprint density at radius 3 is 2.52 bits per heavy atom. The third-order valence-corrected chi connectivity index (χ3v) is 10.8. The average Bonchev–Trinajstić information content (AvgIpc) is 3.08. The van der Waals surface area contributed by atoms with Gasteiger partial charge in [-0.25, -0.2) is 0 Å². The van der Waals surface area contributed by atoms with Crippen LogP contribution in [-0.2, 0) is 4.79 Å². The molecule has 0 amide bonds. The smallest absolute Gasteiger partial charge is 0.303 e. The molecule has 0 aliphatic heterocycles. The molecule has 4 saturated carbocycles. The standard InChI is InChI=1S/C26H46N2O3/c1-16(4-7-23(30)31)19-5-6-20-24-21(9-11-26(19,20)3)25(2)10-8-18(28-13-12-27)14-17(25)15-22(24)29/h16-22,24,28-29H,4-15,27H2,1-3H3,(H,30,31)/t16?,17-,18-,19+,20?,21?,22?,24?,25-,26+/m0/s1. The van der Waals surface area contributed by atoms with Gasteiger partial charge in [0, 0.05) is 25.6 Å². The molecule has 4 aliphatic carbocycles. The normalized spacial score (nSPS) is 47.8. The van der Waals surface area contributed by atoms with Crippen molar-refractivity contribution in [1.82, 2.24) is 5.32 Å². The van der Waals surface area contributed by atoms with Crippen molar-refractivity contribution in [1.29, 1.82) is 0 Å². The molecule has 4 fully saturated rings. The Hall–Kier alpha value is -0.650. The zero-order valence-electron chi connectivity index (χ0n) is 20.0. The minimum Gasteiger partial charge on any atom is -0.481 e. The lowest BCUT2D eigenvalue weighted by molar-refractivity contribution is -0.167. The topological polar surface area (TPSA) is 95.6 Å². The lowest BCUT2D eigenvalue weighted by Gasteiger charge is -2.62. The van der Waals surface area contributed by atoms with Crippen molar-refractivity contribution in [2.24, 2.45) is 52.1 Å². The summed E-state index contributed by atoms with van der Waals surface area (Å²) in [5.74, 6) is 2.68. The second kappa shape index (κ2) is 8.95. The van der Waals surface area contributed by atoms with Gasteiger partial charge in [-0.15, -0.1) is 0 Å². The highest BCUT2D eigenvalue weighted by molar-refractivity contribution is 5.66. The van der Waals surface area contributed by atoms with Crippen LogP contribution in [0.1, 0.15) is 85.0 Å². The summed E-state index contributed by atoms with van der Waals surface area (Å²) in [7, 11) is 0. The van der Waals surface area contributed by atoms with Crippen LogP contribution in [0.5, 0.6) is 0 Å². The fourth-order valence-electron chi connectivity index (χ4n) is 9.22. The summed E-state index contributed by atoms with van der Waals surface area (Å²) >= 11 is 0. The molecule has 4 aliphatic rings. The van der Waals surface area contributed by atoms with Gasteiger partial charge in [0.25, 0.3) is 0 Å². The van der Waals surface area contributed by atoms with Gasteiger partial charge in [-0.1, -0.05) is 20.8 Å². The van der Waals surface area contributed by atoms with Gasteiger partial charge in [0.15, 0.2) is 0 Å². The van der Waals surface area contributed by atoms with Crippen LogP contribution in [0.3, 0.4) is 0 Å². The van der Waals surface area contributed by atoms with Gasteiger partial charge in [0.1, 0.15) is 0 Å². The van der Waals surface area contributed by atoms with Crippen molar-refractivity contribution in [3.63, 3.8) is 0 Å². The van der Waals surface area contributed by atoms with Crippen molar-refractivity contribution in [2.45, 2.75) is 97.1 Å². The number of carboxylic acids is 1. The third kappa shape index (κ3) is 4.08. The Balaban J connectivity index is 1.50. The Morgan fingerprint density at radius 2 is 1.81 bits per heavy atom. The first-order valence-electron chi connectivity index (χ1n) is 13.0. The first kappa shape index (κ1) is 23.5. The van der Waals surface area contributed by atoms with Crippen LogP contribution in [0.4, 0.5) is 0 Å². The van der Waals surface area contributed by atoms with E-state index in [1.54, 1.807) is 0 Å². The quantitative estimate of drug-likeness (QED) is 0.485. The van der Waals surface area contributed by atoms with Crippen LogP contribution in [0.25, 0.3) is 0 Å². The number of aliphatic carboxylic acids is 1. The molecule has 5 nitrogen and oxygen atoms in total. The molecule has 0 aromatic rings. The van der Waals surface area contributed by atoms with Gasteiger partial charge in [-0.2, -0.15) is 0 Å². The number of carboxylic acid groups (broad SMARTS) is 1. The van der Waals surface area contributed by atoms with Gasteiger partial charge in [-0.3, -0.25) is 4.79 Å². The van der Waals surface area contributed by atoms with Gasteiger partial charge >= 0.3 is 5.97 Å². The van der Waals surface area contributed by atoms with E-state index in [1.807, 2.05) is 0 Å². The SMILES string of the molecule is CC(CCC(=O)O)[C@H]1CCC2C3C(O)C[C@@H]4C[C@@H](NCCN)CC[C@]4(C)C3CC[C@@]21C. The minimum atomic E-state index is -0.673. The van der Waals surface area contributed by atoms with Crippen LogP contribution in [0.2, 0.25) is 0 Å². The lowest BCUT2D eigenvalue weighted by atomic mass is 9.43.